The van der Waals surface area contributed by atoms with Gasteiger partial charge in [-0.2, -0.15) is 0 Å². The number of rotatable bonds is 7. The molecule has 0 aliphatic heterocycles. The molecule has 0 aliphatic rings. The van der Waals surface area contributed by atoms with E-state index in [9.17, 15) is 4.79 Å². The molecule has 3 aromatic rings. The molecule has 0 aromatic carbocycles. The second-order valence-electron chi connectivity index (χ2n) is 4.47. The van der Waals surface area contributed by atoms with E-state index >= 15 is 0 Å². The van der Waals surface area contributed by atoms with Crippen LogP contribution in [0.5, 0.6) is 0 Å². The molecule has 0 spiro atoms. The highest BCUT2D eigenvalue weighted by molar-refractivity contribution is 7.99. The Hall–Kier alpha value is -1.49. The van der Waals surface area contributed by atoms with Gasteiger partial charge in [0.05, 0.1) is 10.6 Å². The number of halogens is 1. The van der Waals surface area contributed by atoms with Crippen molar-refractivity contribution < 1.29 is 9.53 Å². The van der Waals surface area contributed by atoms with Gasteiger partial charge in [-0.25, -0.2) is 0 Å². The fourth-order valence-electron chi connectivity index (χ4n) is 1.87. The highest BCUT2D eigenvalue weighted by Crippen LogP contribution is 2.27. The fraction of sp³-hybridized carbons (Fsp3) is 0.308. The van der Waals surface area contributed by atoms with E-state index in [4.69, 9.17) is 16.3 Å². The van der Waals surface area contributed by atoms with Crippen molar-refractivity contribution in [3.05, 3.63) is 27.5 Å². The Kier molecular flexibility index (Phi) is 5.82. The van der Waals surface area contributed by atoms with Gasteiger partial charge < -0.3 is 9.30 Å². The number of thiophene rings is 1. The lowest BCUT2D eigenvalue weighted by molar-refractivity contribution is -0.141. The fourth-order valence-corrected chi connectivity index (χ4v) is 3.98. The largest absolute Gasteiger partial charge is 0.458 e. The van der Waals surface area contributed by atoms with Crippen LogP contribution in [0.25, 0.3) is 10.7 Å². The molecule has 0 aliphatic carbocycles. The average Bonchev–Trinajstić information content (AvgIpc) is 3.31. The van der Waals surface area contributed by atoms with Crippen LogP contribution in [-0.4, -0.2) is 36.1 Å². The molecule has 0 saturated carbocycles. The van der Waals surface area contributed by atoms with Crippen LogP contribution < -0.4 is 0 Å². The zero-order chi connectivity index (χ0) is 16.9. The van der Waals surface area contributed by atoms with Crippen molar-refractivity contribution >= 4 is 52.2 Å². The summed E-state index contributed by atoms with van der Waals surface area (Å²) in [6.45, 7) is 2.76. The molecule has 24 heavy (non-hydrogen) atoms. The molecule has 0 unspecified atom stereocenters. The molecular weight excluding hydrogens is 390 g/mol. The molecule has 0 atom stereocenters. The third-order valence-electron chi connectivity index (χ3n) is 2.97. The van der Waals surface area contributed by atoms with Gasteiger partial charge in [0.2, 0.25) is 0 Å². The number of esters is 1. The van der Waals surface area contributed by atoms with Gasteiger partial charge in [-0.05, 0) is 18.4 Å². The summed E-state index contributed by atoms with van der Waals surface area (Å²) in [6.07, 6.45) is 0. The lowest BCUT2D eigenvalue weighted by atomic mass is 10.4. The van der Waals surface area contributed by atoms with Crippen molar-refractivity contribution in [2.24, 2.45) is 0 Å². The minimum Gasteiger partial charge on any atom is -0.458 e. The molecule has 0 saturated heterocycles. The Morgan fingerprint density at radius 2 is 2.29 bits per heavy atom. The second kappa shape index (κ2) is 8.06. The number of thioether (sulfide) groups is 1. The highest BCUT2D eigenvalue weighted by Gasteiger charge is 2.16. The lowest BCUT2D eigenvalue weighted by Crippen LogP contribution is -2.09. The average molecular weight is 402 g/mol. The summed E-state index contributed by atoms with van der Waals surface area (Å²) < 4.78 is 11.2. The molecule has 0 N–H and O–H groups in total. The third-order valence-corrected chi connectivity index (χ3v) is 5.76. The Bertz CT molecular complexity index is 818. The maximum atomic E-state index is 11.9. The summed E-state index contributed by atoms with van der Waals surface area (Å²) in [4.78, 5) is 12.9. The monoisotopic (exact) mass is 401 g/mol. The third kappa shape index (κ3) is 3.94. The number of carbonyl (C=O) groups excluding carboxylic acids is 1. The highest BCUT2D eigenvalue weighted by atomic mass is 35.5. The molecule has 0 fully saturated rings. The van der Waals surface area contributed by atoms with E-state index in [1.807, 2.05) is 29.0 Å². The SMILES string of the molecule is CCn1c(SCC(=O)OCc2nnsc2Cl)nnc1-c1cccs1. The normalized spacial score (nSPS) is 10.9. The topological polar surface area (TPSA) is 82.8 Å². The zero-order valence-corrected chi connectivity index (χ0v) is 15.7. The summed E-state index contributed by atoms with van der Waals surface area (Å²) in [7, 11) is 0. The minimum absolute atomic E-state index is 0.0235. The molecule has 3 heterocycles. The van der Waals surface area contributed by atoms with E-state index in [-0.39, 0.29) is 18.3 Å². The van der Waals surface area contributed by atoms with Crippen LogP contribution in [-0.2, 0) is 22.7 Å². The maximum Gasteiger partial charge on any atom is 0.316 e. The number of aromatic nitrogens is 5. The summed E-state index contributed by atoms with van der Waals surface area (Å²) >= 11 is 9.82. The first-order chi connectivity index (χ1) is 11.7. The van der Waals surface area contributed by atoms with Gasteiger partial charge in [-0.3, -0.25) is 4.79 Å². The van der Waals surface area contributed by atoms with Crippen LogP contribution in [0.1, 0.15) is 12.6 Å². The summed E-state index contributed by atoms with van der Waals surface area (Å²) in [5.41, 5.74) is 0.469. The maximum absolute atomic E-state index is 11.9. The van der Waals surface area contributed by atoms with Crippen molar-refractivity contribution in [2.75, 3.05) is 5.75 Å². The van der Waals surface area contributed by atoms with Gasteiger partial charge in [0, 0.05) is 18.1 Å². The van der Waals surface area contributed by atoms with Crippen LogP contribution in [0.15, 0.2) is 22.7 Å². The molecule has 126 valence electrons. The Morgan fingerprint density at radius 3 is 2.96 bits per heavy atom. The first-order valence-electron chi connectivity index (χ1n) is 6.91. The molecule has 0 bridgehead atoms. The second-order valence-corrected chi connectivity index (χ2v) is 7.72. The van der Waals surface area contributed by atoms with Crippen LogP contribution in [0.4, 0.5) is 0 Å². The summed E-state index contributed by atoms with van der Waals surface area (Å²) in [6, 6.07) is 3.96. The van der Waals surface area contributed by atoms with Gasteiger partial charge in [-0.15, -0.1) is 26.6 Å². The van der Waals surface area contributed by atoms with E-state index in [0.29, 0.717) is 15.2 Å². The number of ether oxygens (including phenoxy) is 1. The van der Waals surface area contributed by atoms with Crippen LogP contribution in [0.2, 0.25) is 4.34 Å². The molecule has 3 aromatic heterocycles. The van der Waals surface area contributed by atoms with Crippen molar-refractivity contribution in [1.29, 1.82) is 0 Å². The van der Waals surface area contributed by atoms with Gasteiger partial charge in [0.25, 0.3) is 0 Å². The van der Waals surface area contributed by atoms with Gasteiger partial charge >= 0.3 is 5.97 Å². The number of hydrogen-bond acceptors (Lipinski definition) is 9. The summed E-state index contributed by atoms with van der Waals surface area (Å²) in [5, 5.41) is 14.9. The molecule has 0 radical (unpaired) electrons. The van der Waals surface area contributed by atoms with E-state index in [2.05, 4.69) is 19.8 Å². The zero-order valence-electron chi connectivity index (χ0n) is 12.5. The number of nitrogens with zero attached hydrogens (tertiary/aromatic N) is 5. The quantitative estimate of drug-likeness (QED) is 0.443. The van der Waals surface area contributed by atoms with Gasteiger partial charge in [-0.1, -0.05) is 33.9 Å². The van der Waals surface area contributed by atoms with Gasteiger partial charge in [0.1, 0.15) is 16.6 Å². The predicted octanol–water partition coefficient (Wildman–Crippen LogP) is 3.37. The van der Waals surface area contributed by atoms with E-state index in [1.165, 1.54) is 11.8 Å². The Morgan fingerprint density at radius 1 is 1.42 bits per heavy atom. The van der Waals surface area contributed by atoms with Crippen molar-refractivity contribution in [2.45, 2.75) is 25.2 Å². The molecule has 0 amide bonds. The molecule has 7 nitrogen and oxygen atoms in total. The Balaban J connectivity index is 1.58. The van der Waals surface area contributed by atoms with E-state index < -0.39 is 0 Å². The van der Waals surface area contributed by atoms with Gasteiger partial charge in [0.15, 0.2) is 11.0 Å². The molecule has 11 heteroatoms. The smallest absolute Gasteiger partial charge is 0.316 e. The summed E-state index contributed by atoms with van der Waals surface area (Å²) in [5.74, 6) is 0.577. The van der Waals surface area contributed by atoms with Crippen LogP contribution in [0.3, 0.4) is 0 Å². The Labute approximate surface area is 155 Å². The first-order valence-corrected chi connectivity index (χ1v) is 9.93. The number of carbonyl (C=O) groups is 1. The minimum atomic E-state index is -0.368. The van der Waals surface area contributed by atoms with E-state index in [1.54, 1.807) is 11.3 Å². The van der Waals surface area contributed by atoms with Crippen LogP contribution >= 0.6 is 46.2 Å². The standard InChI is InChI=1S/C13H12ClN5O2S3/c1-2-19-12(9-4-3-5-22-9)16-17-13(19)23-7-10(20)21-6-8-11(14)24-18-15-8/h3-5H,2,6-7H2,1H3. The predicted molar refractivity (Wildman–Crippen MR) is 94.4 cm³/mol. The molecular formula is C13H12ClN5O2S3. The van der Waals surface area contributed by atoms with E-state index in [0.717, 1.165) is 28.8 Å². The van der Waals surface area contributed by atoms with Crippen molar-refractivity contribution in [3.8, 4) is 10.7 Å². The molecule has 3 rings (SSSR count). The lowest BCUT2D eigenvalue weighted by Gasteiger charge is -2.06. The van der Waals surface area contributed by atoms with Crippen molar-refractivity contribution in [3.63, 3.8) is 0 Å². The number of hydrogen-bond donors (Lipinski definition) is 0. The van der Waals surface area contributed by atoms with Crippen LogP contribution in [0, 0.1) is 0 Å². The van der Waals surface area contributed by atoms with Crippen molar-refractivity contribution in [1.82, 2.24) is 24.4 Å². The first kappa shape index (κ1) is 17.3.